The number of nitrogens with one attached hydrogen (secondary N) is 1. The van der Waals surface area contributed by atoms with Crippen LogP contribution in [-0.2, 0) is 0 Å². The van der Waals surface area contributed by atoms with Crippen LogP contribution in [0.2, 0.25) is 0 Å². The number of benzene rings is 1. The van der Waals surface area contributed by atoms with Gasteiger partial charge in [-0.25, -0.2) is 4.68 Å². The maximum Gasteiger partial charge on any atom is 0.294 e. The summed E-state index contributed by atoms with van der Waals surface area (Å²) in [6.07, 6.45) is 2.59. The number of nitro groups is 1. The van der Waals surface area contributed by atoms with E-state index in [1.807, 2.05) is 13.8 Å². The maximum atomic E-state index is 12.4. The van der Waals surface area contributed by atoms with Crippen LogP contribution in [0.15, 0.2) is 36.5 Å². The number of aliphatic hydroxyl groups is 1. The van der Waals surface area contributed by atoms with Gasteiger partial charge in [0.1, 0.15) is 5.69 Å². The van der Waals surface area contributed by atoms with Gasteiger partial charge in [0.05, 0.1) is 4.92 Å². The highest BCUT2D eigenvalue weighted by atomic mass is 16.6. The van der Waals surface area contributed by atoms with Crippen molar-refractivity contribution in [3.05, 3.63) is 52.3 Å². The minimum Gasteiger partial charge on any atom is -0.396 e. The van der Waals surface area contributed by atoms with Gasteiger partial charge >= 0.3 is 0 Å². The Labute approximate surface area is 139 Å². The van der Waals surface area contributed by atoms with Gasteiger partial charge in [-0.1, -0.05) is 19.1 Å². The number of hydrogen-bond donors (Lipinski definition) is 2. The molecule has 128 valence electrons. The smallest absolute Gasteiger partial charge is 0.294 e. The van der Waals surface area contributed by atoms with Gasteiger partial charge in [0.25, 0.3) is 11.6 Å². The second-order valence-electron chi connectivity index (χ2n) is 5.73. The monoisotopic (exact) mass is 332 g/mol. The minimum absolute atomic E-state index is 0.0325. The van der Waals surface area contributed by atoms with Crippen LogP contribution < -0.4 is 5.32 Å². The topological polar surface area (TPSA) is 110 Å². The summed E-state index contributed by atoms with van der Waals surface area (Å²) in [5, 5.41) is 27.2. The lowest BCUT2D eigenvalue weighted by Crippen LogP contribution is -2.46. The van der Waals surface area contributed by atoms with E-state index in [1.165, 1.54) is 23.0 Å². The summed E-state index contributed by atoms with van der Waals surface area (Å²) >= 11 is 0. The number of nitrogens with zero attached hydrogens (tertiary/aromatic N) is 3. The summed E-state index contributed by atoms with van der Waals surface area (Å²) in [7, 11) is 0. The molecule has 1 aromatic carbocycles. The van der Waals surface area contributed by atoms with Crippen LogP contribution in [0.25, 0.3) is 5.69 Å². The maximum absolute atomic E-state index is 12.4. The molecule has 0 aliphatic carbocycles. The third-order valence-electron chi connectivity index (χ3n) is 4.01. The molecular weight excluding hydrogens is 312 g/mol. The third kappa shape index (κ3) is 3.77. The Balaban J connectivity index is 2.25. The van der Waals surface area contributed by atoms with Gasteiger partial charge in [-0.3, -0.25) is 14.9 Å². The molecule has 8 heteroatoms. The lowest BCUT2D eigenvalue weighted by molar-refractivity contribution is -0.384. The summed E-state index contributed by atoms with van der Waals surface area (Å²) in [6.45, 7) is 3.73. The number of rotatable bonds is 7. The van der Waals surface area contributed by atoms with Gasteiger partial charge in [0.2, 0.25) is 0 Å². The van der Waals surface area contributed by atoms with E-state index in [0.29, 0.717) is 12.8 Å². The molecule has 1 amide bonds. The van der Waals surface area contributed by atoms with E-state index in [0.717, 1.165) is 0 Å². The summed E-state index contributed by atoms with van der Waals surface area (Å²) < 4.78 is 1.31. The summed E-state index contributed by atoms with van der Waals surface area (Å²) in [5.41, 5.74) is -0.180. The third-order valence-corrected chi connectivity index (χ3v) is 4.01. The van der Waals surface area contributed by atoms with Crippen molar-refractivity contribution < 1.29 is 14.8 Å². The van der Waals surface area contributed by atoms with Crippen molar-refractivity contribution in [3.8, 4) is 5.69 Å². The zero-order valence-corrected chi connectivity index (χ0v) is 13.6. The first-order valence-corrected chi connectivity index (χ1v) is 7.63. The number of hydrogen-bond acceptors (Lipinski definition) is 5. The molecular formula is C16H20N4O4. The van der Waals surface area contributed by atoms with E-state index in [4.69, 9.17) is 5.11 Å². The highest BCUT2D eigenvalue weighted by Gasteiger charge is 2.25. The average molecular weight is 332 g/mol. The van der Waals surface area contributed by atoms with Crippen molar-refractivity contribution in [1.29, 1.82) is 0 Å². The van der Waals surface area contributed by atoms with Gasteiger partial charge in [-0.05, 0) is 31.9 Å². The van der Waals surface area contributed by atoms with Crippen LogP contribution in [0, 0.1) is 10.1 Å². The van der Waals surface area contributed by atoms with E-state index >= 15 is 0 Å². The molecule has 0 spiro atoms. The molecule has 0 fully saturated rings. The van der Waals surface area contributed by atoms with Gasteiger partial charge in [-0.15, -0.1) is 0 Å². The average Bonchev–Trinajstić information content (AvgIpc) is 3.05. The number of carbonyl (C=O) groups is 1. The molecule has 0 aliphatic heterocycles. The molecule has 2 N–H and O–H groups in total. The molecule has 1 aromatic heterocycles. The van der Waals surface area contributed by atoms with Gasteiger partial charge in [-0.2, -0.15) is 5.10 Å². The van der Waals surface area contributed by atoms with Crippen molar-refractivity contribution in [3.63, 3.8) is 0 Å². The molecule has 1 atom stereocenters. The second kappa shape index (κ2) is 7.22. The molecule has 2 rings (SSSR count). The lowest BCUT2D eigenvalue weighted by atomic mass is 9.95. The fourth-order valence-electron chi connectivity index (χ4n) is 2.30. The molecule has 0 bridgehead atoms. The van der Waals surface area contributed by atoms with Crippen molar-refractivity contribution in [2.75, 3.05) is 6.61 Å². The molecule has 2 aromatic rings. The zero-order valence-electron chi connectivity index (χ0n) is 13.6. The molecule has 0 radical (unpaired) electrons. The Hall–Kier alpha value is -2.74. The molecule has 24 heavy (non-hydrogen) atoms. The van der Waals surface area contributed by atoms with E-state index in [9.17, 15) is 14.9 Å². The van der Waals surface area contributed by atoms with Crippen molar-refractivity contribution in [1.82, 2.24) is 15.1 Å². The highest BCUT2D eigenvalue weighted by molar-refractivity contribution is 5.92. The second-order valence-corrected chi connectivity index (χ2v) is 5.73. The number of nitro benzene ring substituents is 1. The summed E-state index contributed by atoms with van der Waals surface area (Å²) in [5.74, 6) is -0.384. The largest absolute Gasteiger partial charge is 0.396 e. The fourth-order valence-corrected chi connectivity index (χ4v) is 2.30. The first-order valence-electron chi connectivity index (χ1n) is 7.63. The molecule has 8 nitrogen and oxygen atoms in total. The predicted molar refractivity (Wildman–Crippen MR) is 88.1 cm³/mol. The quantitative estimate of drug-likeness (QED) is 0.595. The van der Waals surface area contributed by atoms with Crippen molar-refractivity contribution >= 4 is 11.6 Å². The molecule has 1 heterocycles. The van der Waals surface area contributed by atoms with Crippen molar-refractivity contribution in [2.24, 2.45) is 0 Å². The van der Waals surface area contributed by atoms with Gasteiger partial charge < -0.3 is 10.4 Å². The molecule has 0 saturated heterocycles. The Kier molecular flexibility index (Phi) is 5.30. The van der Waals surface area contributed by atoms with E-state index in [-0.39, 0.29) is 29.6 Å². The SMILES string of the molecule is CCC(C)(CCO)NC(=O)c1ccn(-c2ccccc2[N+](=O)[O-])n1. The number of aliphatic hydroxyl groups excluding tert-OH is 1. The fraction of sp³-hybridized carbons (Fsp3) is 0.375. The standard InChI is InChI=1S/C16H20N4O4/c1-3-16(2,9-11-21)17-15(22)12-8-10-19(18-12)13-6-4-5-7-14(13)20(23)24/h4-8,10,21H,3,9,11H2,1-2H3,(H,17,22). The summed E-state index contributed by atoms with van der Waals surface area (Å²) in [6, 6.07) is 7.68. The Morgan fingerprint density at radius 2 is 2.12 bits per heavy atom. The Bertz CT molecular complexity index is 743. The lowest BCUT2D eigenvalue weighted by Gasteiger charge is -2.28. The van der Waals surface area contributed by atoms with Crippen LogP contribution in [0.4, 0.5) is 5.69 Å². The van der Waals surface area contributed by atoms with E-state index in [2.05, 4.69) is 10.4 Å². The van der Waals surface area contributed by atoms with Crippen molar-refractivity contribution in [2.45, 2.75) is 32.2 Å². The molecule has 1 unspecified atom stereocenters. The van der Waals surface area contributed by atoms with Gasteiger partial charge in [0, 0.05) is 24.4 Å². The summed E-state index contributed by atoms with van der Waals surface area (Å²) in [4.78, 5) is 23.0. The Morgan fingerprint density at radius 3 is 2.75 bits per heavy atom. The van der Waals surface area contributed by atoms with Gasteiger partial charge in [0.15, 0.2) is 5.69 Å². The Morgan fingerprint density at radius 1 is 1.42 bits per heavy atom. The van der Waals surface area contributed by atoms with E-state index in [1.54, 1.807) is 18.2 Å². The first kappa shape index (κ1) is 17.6. The number of aromatic nitrogens is 2. The predicted octanol–water partition coefficient (Wildman–Crippen LogP) is 2.06. The van der Waals surface area contributed by atoms with E-state index < -0.39 is 10.5 Å². The van der Waals surface area contributed by atoms with Crippen LogP contribution in [0.3, 0.4) is 0 Å². The van der Waals surface area contributed by atoms with Crippen LogP contribution in [-0.4, -0.2) is 37.9 Å². The minimum atomic E-state index is -0.533. The van der Waals surface area contributed by atoms with Crippen LogP contribution in [0.1, 0.15) is 37.2 Å². The number of amides is 1. The zero-order chi connectivity index (χ0) is 17.7. The normalized spacial score (nSPS) is 13.3. The number of para-hydroxylation sites is 2. The molecule has 0 saturated carbocycles. The van der Waals surface area contributed by atoms with Crippen LogP contribution >= 0.6 is 0 Å². The highest BCUT2D eigenvalue weighted by Crippen LogP contribution is 2.22. The molecule has 0 aliphatic rings. The first-order chi connectivity index (χ1) is 11.4. The number of carbonyl (C=O) groups excluding carboxylic acids is 1. The van der Waals surface area contributed by atoms with Crippen LogP contribution in [0.5, 0.6) is 0 Å².